The number of nitrogens with zero attached hydrogens (tertiary/aromatic N) is 3. The third-order valence-electron chi connectivity index (χ3n) is 3.66. The van der Waals surface area contributed by atoms with E-state index in [4.69, 9.17) is 0 Å². The lowest BCUT2D eigenvalue weighted by molar-refractivity contribution is 0.103. The average Bonchev–Trinajstić information content (AvgIpc) is 2.71. The van der Waals surface area contributed by atoms with Crippen molar-refractivity contribution in [1.29, 1.82) is 0 Å². The molecule has 0 aliphatic rings. The van der Waals surface area contributed by atoms with E-state index in [-0.39, 0.29) is 5.78 Å². The smallest absolute Gasteiger partial charge is 0.197 e. The van der Waals surface area contributed by atoms with Crippen molar-refractivity contribution in [3.05, 3.63) is 59.2 Å². The molecule has 0 atom stereocenters. The summed E-state index contributed by atoms with van der Waals surface area (Å²) in [5.74, 6) is 0.00620. The Morgan fingerprint density at radius 2 is 2.00 bits per heavy atom. The molecule has 2 aromatic heterocycles. The van der Waals surface area contributed by atoms with Gasteiger partial charge in [-0.1, -0.05) is 18.2 Å². The molecule has 0 bridgehead atoms. The van der Waals surface area contributed by atoms with Crippen LogP contribution >= 0.6 is 0 Å². The second-order valence-corrected chi connectivity index (χ2v) is 4.90. The molecule has 1 aromatic carbocycles. The molecule has 0 amide bonds. The summed E-state index contributed by atoms with van der Waals surface area (Å²) in [5, 5.41) is 6.21. The molecule has 0 saturated heterocycles. The van der Waals surface area contributed by atoms with Crippen LogP contribution in [0.4, 0.5) is 0 Å². The highest BCUT2D eigenvalue weighted by atomic mass is 16.1. The zero-order valence-electron chi connectivity index (χ0n) is 11.7. The first kappa shape index (κ1) is 12.5. The second kappa shape index (κ2) is 4.56. The number of ketones is 1. The van der Waals surface area contributed by atoms with Gasteiger partial charge in [-0.2, -0.15) is 5.10 Å². The largest absolute Gasteiger partial charge is 0.288 e. The summed E-state index contributed by atoms with van der Waals surface area (Å²) in [5.41, 5.74) is 3.00. The van der Waals surface area contributed by atoms with E-state index >= 15 is 0 Å². The van der Waals surface area contributed by atoms with Crippen LogP contribution < -0.4 is 0 Å². The summed E-state index contributed by atoms with van der Waals surface area (Å²) >= 11 is 0. The molecule has 0 saturated carbocycles. The molecule has 2 heterocycles. The van der Waals surface area contributed by atoms with E-state index in [2.05, 4.69) is 10.1 Å². The molecule has 4 heteroatoms. The number of benzene rings is 1. The van der Waals surface area contributed by atoms with Gasteiger partial charge in [0.2, 0.25) is 0 Å². The van der Waals surface area contributed by atoms with Crippen LogP contribution in [0.5, 0.6) is 0 Å². The molecule has 0 radical (unpaired) electrons. The van der Waals surface area contributed by atoms with Crippen LogP contribution in [0.15, 0.2) is 36.7 Å². The molecule has 20 heavy (non-hydrogen) atoms. The maximum Gasteiger partial charge on any atom is 0.197 e. The summed E-state index contributed by atoms with van der Waals surface area (Å²) in [4.78, 5) is 17.0. The second-order valence-electron chi connectivity index (χ2n) is 4.90. The predicted octanol–water partition coefficient (Wildman–Crippen LogP) is 2.82. The van der Waals surface area contributed by atoms with Gasteiger partial charge in [-0.05, 0) is 25.3 Å². The van der Waals surface area contributed by atoms with Crippen molar-refractivity contribution in [3.8, 4) is 0 Å². The Morgan fingerprint density at radius 3 is 2.70 bits per heavy atom. The molecular formula is C16H15N3O. The lowest BCUT2D eigenvalue weighted by Crippen LogP contribution is -2.05. The van der Waals surface area contributed by atoms with Crippen LogP contribution in [0.3, 0.4) is 0 Å². The Bertz CT molecular complexity index is 812. The van der Waals surface area contributed by atoms with E-state index in [1.807, 2.05) is 45.2 Å². The van der Waals surface area contributed by atoms with E-state index in [0.29, 0.717) is 11.1 Å². The van der Waals surface area contributed by atoms with Crippen LogP contribution in [0.1, 0.15) is 27.3 Å². The summed E-state index contributed by atoms with van der Waals surface area (Å²) in [6.45, 7) is 3.78. The van der Waals surface area contributed by atoms with Crippen molar-refractivity contribution in [2.75, 3.05) is 0 Å². The van der Waals surface area contributed by atoms with E-state index in [1.165, 1.54) is 0 Å². The quantitative estimate of drug-likeness (QED) is 0.669. The third-order valence-corrected chi connectivity index (χ3v) is 3.66. The molecule has 0 aliphatic heterocycles. The van der Waals surface area contributed by atoms with Gasteiger partial charge < -0.3 is 0 Å². The summed E-state index contributed by atoms with van der Waals surface area (Å²) < 4.78 is 1.74. The minimum Gasteiger partial charge on any atom is -0.288 e. The predicted molar refractivity (Wildman–Crippen MR) is 77.9 cm³/mol. The number of carbonyl (C=O) groups is 1. The molecule has 4 nitrogen and oxygen atoms in total. The number of aryl methyl sites for hydroxylation is 2. The van der Waals surface area contributed by atoms with E-state index in [0.717, 1.165) is 22.2 Å². The number of fused-ring (bicyclic) bond motifs is 1. The van der Waals surface area contributed by atoms with Crippen LogP contribution in [0.25, 0.3) is 10.8 Å². The third kappa shape index (κ3) is 1.81. The van der Waals surface area contributed by atoms with E-state index < -0.39 is 0 Å². The fraction of sp³-hybridized carbons (Fsp3) is 0.188. The Morgan fingerprint density at radius 1 is 1.20 bits per heavy atom. The maximum absolute atomic E-state index is 12.8. The summed E-state index contributed by atoms with van der Waals surface area (Å²) in [7, 11) is 1.85. The fourth-order valence-electron chi connectivity index (χ4n) is 2.55. The Hall–Kier alpha value is -2.49. The van der Waals surface area contributed by atoms with Gasteiger partial charge in [0.15, 0.2) is 5.78 Å². The highest BCUT2D eigenvalue weighted by Crippen LogP contribution is 2.23. The monoisotopic (exact) mass is 265 g/mol. The lowest BCUT2D eigenvalue weighted by Gasteiger charge is -2.06. The first-order valence-electron chi connectivity index (χ1n) is 6.47. The number of pyridine rings is 1. The highest BCUT2D eigenvalue weighted by Gasteiger charge is 2.20. The van der Waals surface area contributed by atoms with Crippen molar-refractivity contribution < 1.29 is 4.79 Å². The van der Waals surface area contributed by atoms with Gasteiger partial charge in [0.05, 0.1) is 11.3 Å². The van der Waals surface area contributed by atoms with Gasteiger partial charge >= 0.3 is 0 Å². The minimum atomic E-state index is 0.00620. The summed E-state index contributed by atoms with van der Waals surface area (Å²) in [6.07, 6.45) is 3.47. The van der Waals surface area contributed by atoms with Gasteiger partial charge in [-0.3, -0.25) is 14.5 Å². The Balaban J connectivity index is 2.23. The van der Waals surface area contributed by atoms with Crippen LogP contribution in [0.2, 0.25) is 0 Å². The number of hydrogen-bond donors (Lipinski definition) is 0. The standard InChI is InChI=1S/C16H15N3O/c1-10-15(11(2)19(3)18-10)16(20)13-6-4-5-12-7-8-17-9-14(12)13/h4-9H,1-3H3. The highest BCUT2D eigenvalue weighted by molar-refractivity contribution is 6.17. The summed E-state index contributed by atoms with van der Waals surface area (Å²) in [6, 6.07) is 7.64. The van der Waals surface area contributed by atoms with Crippen molar-refractivity contribution in [3.63, 3.8) is 0 Å². The van der Waals surface area contributed by atoms with Crippen molar-refractivity contribution in [1.82, 2.24) is 14.8 Å². The molecule has 0 aliphatic carbocycles. The molecule has 0 N–H and O–H groups in total. The SMILES string of the molecule is Cc1nn(C)c(C)c1C(=O)c1cccc2ccncc12. The number of rotatable bonds is 2. The minimum absolute atomic E-state index is 0.00620. The molecule has 0 fully saturated rings. The number of aromatic nitrogens is 3. The topological polar surface area (TPSA) is 47.8 Å². The zero-order valence-corrected chi connectivity index (χ0v) is 11.7. The first-order valence-corrected chi connectivity index (χ1v) is 6.47. The van der Waals surface area contributed by atoms with Crippen LogP contribution in [-0.4, -0.2) is 20.5 Å². The average molecular weight is 265 g/mol. The molecule has 0 unspecified atom stereocenters. The van der Waals surface area contributed by atoms with Crippen molar-refractivity contribution in [2.24, 2.45) is 7.05 Å². The van der Waals surface area contributed by atoms with E-state index in [9.17, 15) is 4.79 Å². The Labute approximate surface area is 117 Å². The van der Waals surface area contributed by atoms with Gasteiger partial charge in [-0.15, -0.1) is 0 Å². The van der Waals surface area contributed by atoms with Crippen LogP contribution in [0, 0.1) is 13.8 Å². The van der Waals surface area contributed by atoms with Gasteiger partial charge in [-0.25, -0.2) is 0 Å². The lowest BCUT2D eigenvalue weighted by atomic mass is 9.97. The van der Waals surface area contributed by atoms with E-state index in [1.54, 1.807) is 17.1 Å². The molecular weight excluding hydrogens is 250 g/mol. The molecule has 0 spiro atoms. The van der Waals surface area contributed by atoms with Gasteiger partial charge in [0, 0.05) is 36.1 Å². The maximum atomic E-state index is 12.8. The number of carbonyl (C=O) groups excluding carboxylic acids is 1. The van der Waals surface area contributed by atoms with Gasteiger partial charge in [0.25, 0.3) is 0 Å². The van der Waals surface area contributed by atoms with Crippen molar-refractivity contribution >= 4 is 16.6 Å². The molecule has 100 valence electrons. The Kier molecular flexibility index (Phi) is 2.86. The normalized spacial score (nSPS) is 10.9. The van der Waals surface area contributed by atoms with Gasteiger partial charge in [0.1, 0.15) is 0 Å². The molecule has 3 aromatic rings. The zero-order chi connectivity index (χ0) is 14.3. The number of hydrogen-bond acceptors (Lipinski definition) is 3. The van der Waals surface area contributed by atoms with Crippen LogP contribution in [-0.2, 0) is 7.05 Å². The fourth-order valence-corrected chi connectivity index (χ4v) is 2.55. The van der Waals surface area contributed by atoms with Crippen molar-refractivity contribution in [2.45, 2.75) is 13.8 Å². The molecule has 3 rings (SSSR count). The first-order chi connectivity index (χ1) is 9.59.